The van der Waals surface area contributed by atoms with Crippen LogP contribution in [0.5, 0.6) is 0 Å². The summed E-state index contributed by atoms with van der Waals surface area (Å²) in [5.41, 5.74) is 1.40. The number of halogens is 3. The van der Waals surface area contributed by atoms with Crippen molar-refractivity contribution < 1.29 is 13.2 Å². The van der Waals surface area contributed by atoms with Gasteiger partial charge in [-0.3, -0.25) is 9.67 Å². The predicted molar refractivity (Wildman–Crippen MR) is 60.2 cm³/mol. The van der Waals surface area contributed by atoms with Crippen LogP contribution in [0.1, 0.15) is 30.9 Å². The summed E-state index contributed by atoms with van der Waals surface area (Å²) in [6, 6.07) is 1.75. The lowest BCUT2D eigenvalue weighted by molar-refractivity contribution is -0.141. The van der Waals surface area contributed by atoms with Gasteiger partial charge >= 0.3 is 6.18 Å². The number of alkyl halides is 3. The van der Waals surface area contributed by atoms with Crippen LogP contribution >= 0.6 is 0 Å². The van der Waals surface area contributed by atoms with E-state index in [1.54, 1.807) is 12.3 Å². The number of aromatic nitrogens is 3. The summed E-state index contributed by atoms with van der Waals surface area (Å²) in [6.07, 6.45) is 2.12. The first-order valence-electron chi connectivity index (χ1n) is 5.91. The van der Waals surface area contributed by atoms with Crippen LogP contribution in [0.25, 0.3) is 10.9 Å². The molecule has 1 aliphatic rings. The minimum Gasteiger partial charge on any atom is -0.260 e. The smallest absolute Gasteiger partial charge is 0.260 e. The fourth-order valence-electron chi connectivity index (χ4n) is 2.21. The lowest BCUT2D eigenvalue weighted by Crippen LogP contribution is -2.18. The van der Waals surface area contributed by atoms with E-state index in [2.05, 4.69) is 10.1 Å². The molecule has 0 unspecified atom stereocenters. The minimum absolute atomic E-state index is 0.406. The highest BCUT2D eigenvalue weighted by Crippen LogP contribution is 2.36. The molecular formula is C12H12F3N3. The van der Waals surface area contributed by atoms with Crippen molar-refractivity contribution in [1.29, 1.82) is 0 Å². The predicted octanol–water partition coefficient (Wildman–Crippen LogP) is 3.26. The number of rotatable bonds is 2. The van der Waals surface area contributed by atoms with Gasteiger partial charge in [-0.15, -0.1) is 0 Å². The second kappa shape index (κ2) is 3.96. The molecule has 6 heteroatoms. The van der Waals surface area contributed by atoms with Crippen molar-refractivity contribution in [2.75, 3.05) is 0 Å². The maximum atomic E-state index is 12.4. The third kappa shape index (κ3) is 2.07. The van der Waals surface area contributed by atoms with Gasteiger partial charge in [0.05, 0.1) is 11.7 Å². The van der Waals surface area contributed by atoms with E-state index in [0.29, 0.717) is 16.8 Å². The molecule has 0 spiro atoms. The molecule has 1 saturated carbocycles. The molecule has 0 aliphatic heterocycles. The van der Waals surface area contributed by atoms with E-state index in [0.717, 1.165) is 23.2 Å². The summed E-state index contributed by atoms with van der Waals surface area (Å²) >= 11 is 0. The maximum Gasteiger partial charge on any atom is 0.408 e. The van der Waals surface area contributed by atoms with E-state index in [4.69, 9.17) is 0 Å². The molecule has 1 aliphatic carbocycles. The first-order valence-corrected chi connectivity index (χ1v) is 5.91. The Morgan fingerprint density at radius 2 is 2.06 bits per heavy atom. The molecule has 3 rings (SSSR count). The minimum atomic E-state index is -4.25. The molecule has 0 atom stereocenters. The molecular weight excluding hydrogens is 243 g/mol. The Labute approximate surface area is 102 Å². The molecule has 0 radical (unpaired) electrons. The Bertz CT molecular complexity index is 569. The average molecular weight is 255 g/mol. The Morgan fingerprint density at radius 3 is 2.67 bits per heavy atom. The number of pyridine rings is 1. The highest BCUT2D eigenvalue weighted by Gasteiger charge is 2.29. The molecule has 2 aromatic heterocycles. The molecule has 96 valence electrons. The third-order valence-corrected chi connectivity index (χ3v) is 3.40. The van der Waals surface area contributed by atoms with Gasteiger partial charge in [0.15, 0.2) is 0 Å². The maximum absolute atomic E-state index is 12.4. The Hall–Kier alpha value is -1.59. The number of nitrogens with zero attached hydrogens (tertiary/aromatic N) is 3. The van der Waals surface area contributed by atoms with Crippen LogP contribution in [0, 0.1) is 0 Å². The zero-order valence-electron chi connectivity index (χ0n) is 9.61. The molecule has 0 saturated heterocycles. The molecule has 3 nitrogen and oxygen atoms in total. The van der Waals surface area contributed by atoms with Crippen LogP contribution in [-0.4, -0.2) is 20.9 Å². The van der Waals surface area contributed by atoms with Crippen molar-refractivity contribution in [2.24, 2.45) is 0 Å². The van der Waals surface area contributed by atoms with Gasteiger partial charge in [-0.05, 0) is 18.9 Å². The molecule has 0 aromatic carbocycles. The highest BCUT2D eigenvalue weighted by atomic mass is 19.4. The van der Waals surface area contributed by atoms with Gasteiger partial charge < -0.3 is 0 Å². The van der Waals surface area contributed by atoms with Crippen molar-refractivity contribution >= 4 is 10.9 Å². The van der Waals surface area contributed by atoms with Crippen LogP contribution in [0.2, 0.25) is 0 Å². The Balaban J connectivity index is 1.99. The molecule has 0 bridgehead atoms. The highest BCUT2D eigenvalue weighted by molar-refractivity contribution is 5.78. The summed E-state index contributed by atoms with van der Waals surface area (Å²) in [6.45, 7) is -1.05. The van der Waals surface area contributed by atoms with Crippen LogP contribution in [0.3, 0.4) is 0 Å². The standard InChI is InChI=1S/C12H12F3N3/c13-12(14,15)7-18-11-4-10(8-2-1-3-8)16-5-9(11)6-17-18/h4-6,8H,1-3,7H2. The van der Waals surface area contributed by atoms with E-state index in [1.807, 2.05) is 0 Å². The van der Waals surface area contributed by atoms with Gasteiger partial charge in [-0.25, -0.2) is 0 Å². The summed E-state index contributed by atoms with van der Waals surface area (Å²) in [7, 11) is 0. The van der Waals surface area contributed by atoms with Crippen molar-refractivity contribution in [2.45, 2.75) is 37.9 Å². The number of fused-ring (bicyclic) bond motifs is 1. The number of hydrogen-bond donors (Lipinski definition) is 0. The van der Waals surface area contributed by atoms with E-state index in [-0.39, 0.29) is 0 Å². The Morgan fingerprint density at radius 1 is 1.28 bits per heavy atom. The van der Waals surface area contributed by atoms with E-state index >= 15 is 0 Å². The second-order valence-electron chi connectivity index (χ2n) is 4.71. The van der Waals surface area contributed by atoms with Gasteiger partial charge in [-0.2, -0.15) is 18.3 Å². The molecule has 2 aromatic rings. The summed E-state index contributed by atoms with van der Waals surface area (Å²) in [4.78, 5) is 4.30. The zero-order valence-corrected chi connectivity index (χ0v) is 9.61. The Kier molecular flexibility index (Phi) is 2.53. The van der Waals surface area contributed by atoms with Crippen molar-refractivity contribution in [3.8, 4) is 0 Å². The molecule has 0 N–H and O–H groups in total. The van der Waals surface area contributed by atoms with Gasteiger partial charge in [0.1, 0.15) is 6.54 Å². The molecule has 0 amide bonds. The van der Waals surface area contributed by atoms with Crippen molar-refractivity contribution in [3.63, 3.8) is 0 Å². The topological polar surface area (TPSA) is 30.7 Å². The quantitative estimate of drug-likeness (QED) is 0.824. The molecule has 2 heterocycles. The van der Waals surface area contributed by atoms with Gasteiger partial charge in [-0.1, -0.05) is 6.42 Å². The van der Waals surface area contributed by atoms with Crippen LogP contribution < -0.4 is 0 Å². The third-order valence-electron chi connectivity index (χ3n) is 3.40. The normalized spacial score (nSPS) is 17.1. The average Bonchev–Trinajstić information content (AvgIpc) is 2.56. The molecule has 1 fully saturated rings. The first-order chi connectivity index (χ1) is 8.53. The lowest BCUT2D eigenvalue weighted by Gasteiger charge is -2.24. The van der Waals surface area contributed by atoms with Crippen LogP contribution in [0.4, 0.5) is 13.2 Å². The number of hydrogen-bond acceptors (Lipinski definition) is 2. The fourth-order valence-corrected chi connectivity index (χ4v) is 2.21. The van der Waals surface area contributed by atoms with E-state index in [9.17, 15) is 13.2 Å². The van der Waals surface area contributed by atoms with E-state index < -0.39 is 12.7 Å². The van der Waals surface area contributed by atoms with Gasteiger partial charge in [0.25, 0.3) is 0 Å². The van der Waals surface area contributed by atoms with Gasteiger partial charge in [0, 0.05) is 23.2 Å². The van der Waals surface area contributed by atoms with Crippen LogP contribution in [-0.2, 0) is 6.54 Å². The van der Waals surface area contributed by atoms with Crippen molar-refractivity contribution in [1.82, 2.24) is 14.8 Å². The monoisotopic (exact) mass is 255 g/mol. The van der Waals surface area contributed by atoms with E-state index in [1.165, 1.54) is 12.6 Å². The summed E-state index contributed by atoms with van der Waals surface area (Å²) < 4.78 is 38.2. The SMILES string of the molecule is FC(F)(F)Cn1ncc2cnc(C3CCC3)cc21. The first kappa shape index (κ1) is 11.5. The second-order valence-corrected chi connectivity index (χ2v) is 4.71. The lowest BCUT2D eigenvalue weighted by atomic mass is 9.82. The van der Waals surface area contributed by atoms with Crippen molar-refractivity contribution in [3.05, 3.63) is 24.2 Å². The summed E-state index contributed by atoms with van der Waals surface area (Å²) in [5, 5.41) is 4.44. The van der Waals surface area contributed by atoms with Crippen LogP contribution in [0.15, 0.2) is 18.5 Å². The largest absolute Gasteiger partial charge is 0.408 e. The zero-order chi connectivity index (χ0) is 12.8. The fraction of sp³-hybridized carbons (Fsp3) is 0.500. The summed E-state index contributed by atoms with van der Waals surface area (Å²) in [5.74, 6) is 0.406. The van der Waals surface area contributed by atoms with Gasteiger partial charge in [0.2, 0.25) is 0 Å². The molecule has 18 heavy (non-hydrogen) atoms.